The van der Waals surface area contributed by atoms with Gasteiger partial charge in [-0.2, -0.15) is 0 Å². The Morgan fingerprint density at radius 3 is 2.25 bits per heavy atom. The first-order valence-electron chi connectivity index (χ1n) is 8.38. The second kappa shape index (κ2) is 6.49. The number of amides is 1. The lowest BCUT2D eigenvalue weighted by molar-refractivity contribution is 0.00578. The summed E-state index contributed by atoms with van der Waals surface area (Å²) in [4.78, 5) is 12.1. The fourth-order valence-electron chi connectivity index (χ4n) is 2.49. The summed E-state index contributed by atoms with van der Waals surface area (Å²) in [5.41, 5.74) is 0.450. The van der Waals surface area contributed by atoms with Crippen molar-refractivity contribution in [3.05, 3.63) is 29.1 Å². The minimum Gasteiger partial charge on any atom is -0.399 e. The standard InChI is InChI=1S/C18H27BFNO3/c1-11(2)10-21-16(22)13-8-12(3)14(9-15(13)20)19-23-17(4,5)18(6,7)24-19/h8-9,11H,10H2,1-7H3,(H,21,22). The Morgan fingerprint density at radius 2 is 1.75 bits per heavy atom. The van der Waals surface area contributed by atoms with E-state index in [-0.39, 0.29) is 5.56 Å². The molecule has 0 spiro atoms. The number of carbonyl (C=O) groups excluding carboxylic acids is 1. The smallest absolute Gasteiger partial charge is 0.399 e. The van der Waals surface area contributed by atoms with E-state index in [9.17, 15) is 9.18 Å². The number of rotatable bonds is 4. The zero-order chi connectivity index (χ0) is 18.3. The summed E-state index contributed by atoms with van der Waals surface area (Å²) in [7, 11) is -0.641. The Bertz CT molecular complexity index is 627. The summed E-state index contributed by atoms with van der Waals surface area (Å²) in [6.07, 6.45) is 0. The Labute approximate surface area is 144 Å². The number of carbonyl (C=O) groups is 1. The molecule has 2 rings (SSSR count). The van der Waals surface area contributed by atoms with Crippen LogP contribution in [-0.2, 0) is 9.31 Å². The van der Waals surface area contributed by atoms with Gasteiger partial charge < -0.3 is 14.6 Å². The van der Waals surface area contributed by atoms with Gasteiger partial charge in [0.05, 0.1) is 16.8 Å². The molecule has 0 saturated carbocycles. The van der Waals surface area contributed by atoms with E-state index in [1.54, 1.807) is 6.07 Å². The molecule has 6 heteroatoms. The zero-order valence-corrected chi connectivity index (χ0v) is 15.6. The molecule has 1 saturated heterocycles. The molecule has 0 radical (unpaired) electrons. The maximum atomic E-state index is 14.5. The van der Waals surface area contributed by atoms with Crippen molar-refractivity contribution in [2.45, 2.75) is 59.7 Å². The van der Waals surface area contributed by atoms with Gasteiger partial charge in [-0.25, -0.2) is 4.39 Å². The molecule has 1 aromatic carbocycles. The Balaban J connectivity index is 2.26. The third-order valence-electron chi connectivity index (χ3n) is 4.78. The largest absolute Gasteiger partial charge is 0.495 e. The molecular formula is C18H27BFNO3. The van der Waals surface area contributed by atoms with Crippen LogP contribution in [0.15, 0.2) is 12.1 Å². The predicted octanol–water partition coefficient (Wildman–Crippen LogP) is 2.82. The maximum Gasteiger partial charge on any atom is 0.495 e. The molecule has 0 aliphatic carbocycles. The number of halogens is 1. The fourth-order valence-corrected chi connectivity index (χ4v) is 2.49. The molecule has 132 valence electrons. The van der Waals surface area contributed by atoms with Crippen molar-refractivity contribution in [3.8, 4) is 0 Å². The molecule has 0 aromatic heterocycles. The van der Waals surface area contributed by atoms with Crippen LogP contribution in [0.2, 0.25) is 0 Å². The van der Waals surface area contributed by atoms with E-state index >= 15 is 0 Å². The van der Waals surface area contributed by atoms with Crippen LogP contribution >= 0.6 is 0 Å². The summed E-state index contributed by atoms with van der Waals surface area (Å²) in [5.74, 6) is -0.654. The molecule has 0 atom stereocenters. The summed E-state index contributed by atoms with van der Waals surface area (Å²) in [6, 6.07) is 2.91. The third-order valence-corrected chi connectivity index (χ3v) is 4.78. The van der Waals surface area contributed by atoms with Crippen LogP contribution < -0.4 is 10.8 Å². The van der Waals surface area contributed by atoms with Gasteiger partial charge in [0, 0.05) is 6.54 Å². The van der Waals surface area contributed by atoms with Gasteiger partial charge in [0.1, 0.15) is 5.82 Å². The number of aryl methyl sites for hydroxylation is 1. The molecule has 1 fully saturated rings. The summed E-state index contributed by atoms with van der Waals surface area (Å²) < 4.78 is 26.4. The lowest BCUT2D eigenvalue weighted by Gasteiger charge is -2.32. The summed E-state index contributed by atoms with van der Waals surface area (Å²) >= 11 is 0. The highest BCUT2D eigenvalue weighted by Gasteiger charge is 2.52. The van der Waals surface area contributed by atoms with Gasteiger partial charge in [-0.05, 0) is 58.1 Å². The maximum absolute atomic E-state index is 14.5. The molecule has 0 bridgehead atoms. The minimum absolute atomic E-state index is 0.0495. The van der Waals surface area contributed by atoms with Crippen molar-refractivity contribution >= 4 is 18.5 Å². The topological polar surface area (TPSA) is 47.6 Å². The van der Waals surface area contributed by atoms with Gasteiger partial charge >= 0.3 is 7.12 Å². The van der Waals surface area contributed by atoms with Crippen molar-refractivity contribution in [1.82, 2.24) is 5.32 Å². The Kier molecular flexibility index (Phi) is 5.12. The molecule has 0 unspecified atom stereocenters. The van der Waals surface area contributed by atoms with Gasteiger partial charge in [0.2, 0.25) is 0 Å². The molecule has 24 heavy (non-hydrogen) atoms. The number of nitrogens with one attached hydrogen (secondary N) is 1. The average molecular weight is 335 g/mol. The number of hydrogen-bond acceptors (Lipinski definition) is 3. The normalized spacial score (nSPS) is 19.0. The molecule has 1 amide bonds. The summed E-state index contributed by atoms with van der Waals surface area (Å²) in [5, 5.41) is 2.74. The van der Waals surface area contributed by atoms with Crippen molar-refractivity contribution < 1.29 is 18.5 Å². The molecule has 4 nitrogen and oxygen atoms in total. The SMILES string of the molecule is Cc1cc(C(=O)NCC(C)C)c(F)cc1B1OC(C)(C)C(C)(C)O1. The molecule has 1 aromatic rings. The molecule has 1 aliphatic rings. The van der Waals surface area contributed by atoms with E-state index in [1.807, 2.05) is 48.5 Å². The Hall–Kier alpha value is -1.40. The first kappa shape index (κ1) is 18.9. The van der Waals surface area contributed by atoms with E-state index in [4.69, 9.17) is 9.31 Å². The van der Waals surface area contributed by atoms with Gasteiger partial charge in [-0.3, -0.25) is 4.79 Å². The number of benzene rings is 1. The number of hydrogen-bond donors (Lipinski definition) is 1. The van der Waals surface area contributed by atoms with Crippen molar-refractivity contribution in [1.29, 1.82) is 0 Å². The lowest BCUT2D eigenvalue weighted by Crippen LogP contribution is -2.41. The highest BCUT2D eigenvalue weighted by Crippen LogP contribution is 2.36. The van der Waals surface area contributed by atoms with Gasteiger partial charge in [-0.15, -0.1) is 0 Å². The highest BCUT2D eigenvalue weighted by molar-refractivity contribution is 6.62. The van der Waals surface area contributed by atoms with Crippen LogP contribution in [0.3, 0.4) is 0 Å². The van der Waals surface area contributed by atoms with E-state index in [0.29, 0.717) is 17.9 Å². The predicted molar refractivity (Wildman–Crippen MR) is 94.0 cm³/mol. The van der Waals surface area contributed by atoms with Crippen molar-refractivity contribution in [3.63, 3.8) is 0 Å². The summed E-state index contributed by atoms with van der Waals surface area (Å²) in [6.45, 7) is 14.1. The van der Waals surface area contributed by atoms with E-state index < -0.39 is 30.0 Å². The van der Waals surface area contributed by atoms with Gasteiger partial charge in [-0.1, -0.05) is 19.4 Å². The third kappa shape index (κ3) is 3.65. The van der Waals surface area contributed by atoms with E-state index in [2.05, 4.69) is 5.32 Å². The van der Waals surface area contributed by atoms with Crippen molar-refractivity contribution in [2.75, 3.05) is 6.54 Å². The molecule has 1 aliphatic heterocycles. The van der Waals surface area contributed by atoms with E-state index in [1.165, 1.54) is 6.07 Å². The van der Waals surface area contributed by atoms with Crippen LogP contribution in [0.4, 0.5) is 4.39 Å². The molecule has 1 N–H and O–H groups in total. The average Bonchev–Trinajstić information content (AvgIpc) is 2.66. The molecule has 1 heterocycles. The van der Waals surface area contributed by atoms with Crippen LogP contribution in [0, 0.1) is 18.7 Å². The second-order valence-corrected chi connectivity index (χ2v) is 7.88. The Morgan fingerprint density at radius 1 is 1.21 bits per heavy atom. The zero-order valence-electron chi connectivity index (χ0n) is 15.6. The van der Waals surface area contributed by atoms with Crippen LogP contribution in [0.25, 0.3) is 0 Å². The molecular weight excluding hydrogens is 308 g/mol. The first-order valence-corrected chi connectivity index (χ1v) is 8.38. The lowest BCUT2D eigenvalue weighted by atomic mass is 9.75. The van der Waals surface area contributed by atoms with Crippen LogP contribution in [0.1, 0.15) is 57.5 Å². The quantitative estimate of drug-likeness (QED) is 0.861. The van der Waals surface area contributed by atoms with E-state index in [0.717, 1.165) is 5.56 Å². The first-order chi connectivity index (χ1) is 10.9. The fraction of sp³-hybridized carbons (Fsp3) is 0.611. The highest BCUT2D eigenvalue weighted by atomic mass is 19.1. The van der Waals surface area contributed by atoms with Gasteiger partial charge in [0.15, 0.2) is 0 Å². The minimum atomic E-state index is -0.641. The monoisotopic (exact) mass is 335 g/mol. The van der Waals surface area contributed by atoms with Crippen molar-refractivity contribution in [2.24, 2.45) is 5.92 Å². The van der Waals surface area contributed by atoms with Gasteiger partial charge in [0.25, 0.3) is 5.91 Å². The van der Waals surface area contributed by atoms with Crippen LogP contribution in [0.5, 0.6) is 0 Å². The van der Waals surface area contributed by atoms with Crippen LogP contribution in [-0.4, -0.2) is 30.8 Å². The second-order valence-electron chi connectivity index (χ2n) is 7.88.